The zero-order valence-corrected chi connectivity index (χ0v) is 57.4. The first-order valence-electron chi connectivity index (χ1n) is 32.1. The molecule has 522 valence electrons. The number of amides is 10. The van der Waals surface area contributed by atoms with Gasteiger partial charge in [0.05, 0.1) is 43.7 Å². The Bertz CT molecular complexity index is 3170. The molecule has 4 rings (SSSR count). The van der Waals surface area contributed by atoms with Crippen molar-refractivity contribution in [3.63, 3.8) is 0 Å². The van der Waals surface area contributed by atoms with Gasteiger partial charge in [-0.25, -0.2) is 14.4 Å². The summed E-state index contributed by atoms with van der Waals surface area (Å²) in [5.74, 6) is -6.89. The smallest absolute Gasteiger partial charge is 0.410 e. The van der Waals surface area contributed by atoms with Gasteiger partial charge in [-0.15, -0.1) is 6.42 Å². The summed E-state index contributed by atoms with van der Waals surface area (Å²) in [6, 6.07) is 13.0. The highest BCUT2D eigenvalue weighted by Crippen LogP contribution is 2.45. The number of hydrogen-bond acceptors (Lipinski definition) is 15. The van der Waals surface area contributed by atoms with Gasteiger partial charge >= 0.3 is 25.6 Å². The number of benzene rings is 3. The van der Waals surface area contributed by atoms with E-state index in [0.29, 0.717) is 48.3 Å². The van der Waals surface area contributed by atoms with Gasteiger partial charge in [0.2, 0.25) is 35.4 Å². The van der Waals surface area contributed by atoms with Crippen molar-refractivity contribution < 1.29 is 76.7 Å². The fraction of sp³-hybridized carbons (Fsp3) is 0.552. The average molecular weight is 1340 g/mol. The first-order chi connectivity index (χ1) is 44.9. The predicted octanol–water partition coefficient (Wildman–Crippen LogP) is 5.81. The fourth-order valence-electron chi connectivity index (χ4n) is 11.3. The number of carboxylic acid groups (broad SMARTS) is 1. The van der Waals surface area contributed by atoms with E-state index in [9.17, 15) is 62.7 Å². The number of terminal acetylenes is 1. The van der Waals surface area contributed by atoms with E-state index in [4.69, 9.17) is 26.2 Å². The molecule has 0 aromatic heterocycles. The molecule has 0 radical (unpaired) electrons. The van der Waals surface area contributed by atoms with Crippen LogP contribution in [-0.4, -0.2) is 180 Å². The minimum absolute atomic E-state index is 0.0378. The number of aliphatic hydroxyl groups is 1. The number of aliphatic hydroxyl groups excluding tert-OH is 1. The molecule has 27 nitrogen and oxygen atoms in total. The highest BCUT2D eigenvalue weighted by Gasteiger charge is 2.42. The number of urea groups is 1. The Kier molecular flexibility index (Phi) is 31.6. The molecule has 0 saturated carbocycles. The molecule has 1 saturated heterocycles. The number of primary amides is 1. The molecule has 11 atom stereocenters. The molecular weight excluding hydrogens is 1250 g/mol. The van der Waals surface area contributed by atoms with Crippen LogP contribution in [0.3, 0.4) is 0 Å². The van der Waals surface area contributed by atoms with Gasteiger partial charge in [0.1, 0.15) is 36.8 Å². The van der Waals surface area contributed by atoms with Gasteiger partial charge in [0, 0.05) is 63.3 Å². The summed E-state index contributed by atoms with van der Waals surface area (Å²) in [5, 5.41) is 39.9. The van der Waals surface area contributed by atoms with Crippen molar-refractivity contribution >= 4 is 78.3 Å². The zero-order valence-electron chi connectivity index (χ0n) is 56.5. The van der Waals surface area contributed by atoms with Crippen LogP contribution in [-0.2, 0) is 65.2 Å². The Morgan fingerprint density at radius 2 is 1.39 bits per heavy atom. The number of methoxy groups -OCH3 is 1. The van der Waals surface area contributed by atoms with E-state index in [2.05, 4.69) is 42.6 Å². The van der Waals surface area contributed by atoms with E-state index in [1.165, 1.54) is 48.2 Å². The lowest BCUT2D eigenvalue weighted by Crippen LogP contribution is -2.60. The van der Waals surface area contributed by atoms with Crippen LogP contribution in [0.5, 0.6) is 0 Å². The Balaban J connectivity index is 1.39. The lowest BCUT2D eigenvalue weighted by atomic mass is 9.89. The van der Waals surface area contributed by atoms with Gasteiger partial charge in [0.25, 0.3) is 5.91 Å². The topological polar surface area (TPSA) is 376 Å². The second-order valence-electron chi connectivity index (χ2n) is 24.8. The average Bonchev–Trinajstić information content (AvgIpc) is 1.75. The van der Waals surface area contributed by atoms with E-state index in [-0.39, 0.29) is 62.8 Å². The van der Waals surface area contributed by atoms with Crippen LogP contribution in [0, 0.1) is 35.8 Å². The van der Waals surface area contributed by atoms with Gasteiger partial charge in [-0.2, -0.15) is 0 Å². The Hall–Kier alpha value is -8.57. The van der Waals surface area contributed by atoms with Crippen LogP contribution in [0.4, 0.5) is 21.0 Å². The first-order valence-corrected chi connectivity index (χ1v) is 33.7. The first kappa shape index (κ1) is 78.9. The number of nitrogens with zero attached hydrogens (tertiary/aromatic N) is 3. The maximum atomic E-state index is 14.7. The van der Waals surface area contributed by atoms with Crippen molar-refractivity contribution in [3.8, 4) is 12.1 Å². The molecule has 11 N–H and O–H groups in total. The van der Waals surface area contributed by atoms with Crippen molar-refractivity contribution in [1.82, 2.24) is 41.3 Å². The van der Waals surface area contributed by atoms with Crippen LogP contribution >= 0.6 is 7.52 Å². The maximum Gasteiger partial charge on any atom is 0.410 e. The monoisotopic (exact) mass is 1340 g/mol. The minimum Gasteiger partial charge on any atom is -0.480 e. The number of likely N-dealkylation sites (N-methyl/N-ethyl adjacent to an activating group) is 2. The molecule has 2 unspecified atom stereocenters. The number of carbonyl (C=O) groups excluding carboxylic acids is 9. The van der Waals surface area contributed by atoms with Crippen LogP contribution in [0.15, 0.2) is 78.9 Å². The third kappa shape index (κ3) is 24.0. The second kappa shape index (κ2) is 38.1. The molecule has 3 aromatic rings. The minimum atomic E-state index is -3.61. The number of anilines is 2. The number of carboxylic acids is 1. The molecule has 1 aliphatic heterocycles. The van der Waals surface area contributed by atoms with E-state index in [1.807, 2.05) is 13.8 Å². The Morgan fingerprint density at radius 1 is 0.758 bits per heavy atom. The number of ether oxygens (including phenoxy) is 2. The van der Waals surface area contributed by atoms with Crippen LogP contribution in [0.2, 0.25) is 0 Å². The molecule has 0 spiro atoms. The number of aliphatic carboxylic acids is 1. The van der Waals surface area contributed by atoms with E-state index >= 15 is 0 Å². The summed E-state index contributed by atoms with van der Waals surface area (Å²) in [4.78, 5) is 139. The van der Waals surface area contributed by atoms with Crippen molar-refractivity contribution in [1.29, 1.82) is 0 Å². The number of rotatable bonds is 37. The molecule has 1 aliphatic rings. The van der Waals surface area contributed by atoms with E-state index in [0.717, 1.165) is 4.90 Å². The number of likely N-dealkylation sites (tertiary alicyclic amines) is 1. The summed E-state index contributed by atoms with van der Waals surface area (Å²) >= 11 is 0. The molecule has 95 heavy (non-hydrogen) atoms. The summed E-state index contributed by atoms with van der Waals surface area (Å²) in [6.07, 6.45) is 3.59. The number of nitrogens with two attached hydrogens (primary N) is 1. The normalized spacial score (nSPS) is 16.4. The Morgan fingerprint density at radius 3 is 1.95 bits per heavy atom. The molecular formula is C67H98N11O16P. The van der Waals surface area contributed by atoms with Gasteiger partial charge in [-0.1, -0.05) is 104 Å². The highest BCUT2D eigenvalue weighted by atomic mass is 31.2. The number of nitrogens with one attached hydrogen (secondary N) is 7. The summed E-state index contributed by atoms with van der Waals surface area (Å²) in [5.41, 5.74) is 9.39. The van der Waals surface area contributed by atoms with Crippen LogP contribution in [0.25, 0.3) is 0 Å². The van der Waals surface area contributed by atoms with Crippen molar-refractivity contribution in [3.05, 3.63) is 95.6 Å². The Labute approximate surface area is 557 Å². The molecule has 3 aromatic carbocycles. The maximum absolute atomic E-state index is 14.7. The summed E-state index contributed by atoms with van der Waals surface area (Å²) in [7, 11) is 0.820. The van der Waals surface area contributed by atoms with Crippen molar-refractivity contribution in [2.45, 2.75) is 175 Å². The van der Waals surface area contributed by atoms with Crippen LogP contribution < -0.4 is 42.7 Å². The van der Waals surface area contributed by atoms with Gasteiger partial charge in [-0.05, 0) is 104 Å². The molecule has 0 aliphatic carbocycles. The van der Waals surface area contributed by atoms with Crippen molar-refractivity contribution in [2.24, 2.45) is 29.4 Å². The lowest BCUT2D eigenvalue weighted by Gasteiger charge is -2.41. The number of hydrogen-bond donors (Lipinski definition) is 10. The summed E-state index contributed by atoms with van der Waals surface area (Å²) < 4.78 is 29.6. The molecule has 1 heterocycles. The largest absolute Gasteiger partial charge is 0.480 e. The summed E-state index contributed by atoms with van der Waals surface area (Å²) in [6.45, 7) is 16.2. The van der Waals surface area contributed by atoms with Gasteiger partial charge in [0.15, 0.2) is 0 Å². The van der Waals surface area contributed by atoms with Gasteiger partial charge in [-0.3, -0.25) is 43.0 Å². The van der Waals surface area contributed by atoms with Crippen LogP contribution in [0.1, 0.15) is 129 Å². The highest BCUT2D eigenvalue weighted by molar-refractivity contribution is 7.65. The van der Waals surface area contributed by atoms with Crippen molar-refractivity contribution in [2.75, 3.05) is 51.3 Å². The lowest BCUT2D eigenvalue weighted by molar-refractivity contribution is -0.147. The second-order valence-corrected chi connectivity index (χ2v) is 26.6. The standard InChI is InChI=1S/C67H98N11O16P/c1-14-43(10)59(53(92-13)38-55(81)78-35-21-25-51(78)52(79)37-54(80)71-50(65(87)88)36-44-22-18-17-19-23-44)76(11)64(86)57(41(6)7)74-63(85)58(42(8)9)77(12)67(90)93-39-45-26-30-47(31-27-45)70-61(83)49(24-20-34-69-66(68)89)72-62(84)56(40(4)5)73-60(82)46-28-32-48(33-29-46)75-95(91,16-3)94-15-2/h3,17-19,22-23,26-33,40-43,49-53,56-59,79H,14-15,20-21,24-25,34-39H2,1-2,4-13H3,(H,70,83)(H,71,80)(H,72,84)(H,73,82)(H,74,85)(H,75,91)(H,87,88)(H3,68,69,89)/t43?,49-,50+,51+,52-,53-,56-,57+,58+,59+,95?/m1/s1. The zero-order chi connectivity index (χ0) is 70.9. The molecule has 10 amide bonds. The quantitative estimate of drug-likeness (QED) is 0.0185. The fourth-order valence-corrected chi connectivity index (χ4v) is 12.3. The van der Waals surface area contributed by atoms with E-state index < -0.39 is 140 Å². The third-order valence-electron chi connectivity index (χ3n) is 16.6. The third-order valence-corrected chi connectivity index (χ3v) is 18.1. The van der Waals surface area contributed by atoms with Gasteiger partial charge < -0.3 is 76.7 Å². The SMILES string of the molecule is C#CP(=O)(Nc1ccc(C(=O)N[C@@H](C(=O)N[C@H](CCCNC(N)=O)C(=O)Nc2ccc(COC(=O)N(C)[C@H](C(=O)N[C@H](C(=O)N(C)[C@@H](C(C)CC)[C@@H](CC(=O)N3CCC[C@H]3[C@H](O)CC(=O)N[C@@H](Cc3ccccc3)C(=O)O)OC)C(C)C)C(C)C)cc2)C(C)C)cc1)OCC. The van der Waals surface area contributed by atoms with E-state index in [1.54, 1.807) is 110 Å². The predicted molar refractivity (Wildman–Crippen MR) is 358 cm³/mol. The molecule has 28 heteroatoms. The number of carbonyl (C=O) groups is 10. The molecule has 0 bridgehead atoms. The molecule has 1 fully saturated rings.